The first kappa shape index (κ1) is 14.3. The molecule has 0 saturated carbocycles. The van der Waals surface area contributed by atoms with Gasteiger partial charge in [-0.2, -0.15) is 0 Å². The minimum atomic E-state index is -0.863. The van der Waals surface area contributed by atoms with Gasteiger partial charge < -0.3 is 14.7 Å². The molecule has 1 N–H and O–H groups in total. The number of amides is 1. The van der Waals surface area contributed by atoms with Crippen LogP contribution in [0.15, 0.2) is 24.3 Å². The molecule has 2 rings (SSSR count). The molecule has 6 heteroatoms. The van der Waals surface area contributed by atoms with Crippen molar-refractivity contribution in [2.75, 3.05) is 13.1 Å². The van der Waals surface area contributed by atoms with Crippen LogP contribution < -0.4 is 4.74 Å². The number of carboxylic acids is 1. The molecule has 1 aliphatic heterocycles. The van der Waals surface area contributed by atoms with Crippen LogP contribution in [-0.2, 0) is 9.59 Å². The summed E-state index contributed by atoms with van der Waals surface area (Å²) in [5, 5.41) is 8.64. The molecule has 1 heterocycles. The van der Waals surface area contributed by atoms with Crippen LogP contribution >= 0.6 is 0 Å². The second kappa shape index (κ2) is 5.90. The smallest absolute Gasteiger partial charge is 0.303 e. The Labute approximate surface area is 116 Å². The van der Waals surface area contributed by atoms with Gasteiger partial charge >= 0.3 is 5.97 Å². The molecule has 1 unspecified atom stereocenters. The lowest BCUT2D eigenvalue weighted by Gasteiger charge is -2.39. The van der Waals surface area contributed by atoms with Gasteiger partial charge in [0.25, 0.3) is 5.91 Å². The van der Waals surface area contributed by atoms with Gasteiger partial charge in [0.05, 0.1) is 6.42 Å². The SMILES string of the molecule is CC(Oc1ccccc1F)C(=O)N1CC(CC(=O)O)C1. The molecule has 108 valence electrons. The molecule has 1 aromatic rings. The van der Waals surface area contributed by atoms with E-state index in [-0.39, 0.29) is 24.0 Å². The van der Waals surface area contributed by atoms with Gasteiger partial charge in [-0.25, -0.2) is 4.39 Å². The van der Waals surface area contributed by atoms with Crippen molar-refractivity contribution in [3.63, 3.8) is 0 Å². The zero-order valence-electron chi connectivity index (χ0n) is 11.1. The molecule has 0 spiro atoms. The topological polar surface area (TPSA) is 66.8 Å². The fourth-order valence-corrected chi connectivity index (χ4v) is 2.16. The standard InChI is InChI=1S/C14H16FNO4/c1-9(20-12-5-3-2-4-11(12)15)14(19)16-7-10(8-16)6-13(17)18/h2-5,9-10H,6-8H2,1H3,(H,17,18). The number of benzene rings is 1. The minimum Gasteiger partial charge on any atom is -0.481 e. The maximum Gasteiger partial charge on any atom is 0.303 e. The van der Waals surface area contributed by atoms with E-state index in [2.05, 4.69) is 0 Å². The van der Waals surface area contributed by atoms with Crippen molar-refractivity contribution < 1.29 is 23.8 Å². The Kier molecular flexibility index (Phi) is 4.22. The lowest BCUT2D eigenvalue weighted by Crippen LogP contribution is -2.54. The first-order chi connectivity index (χ1) is 9.47. The average Bonchev–Trinajstić information content (AvgIpc) is 2.35. The lowest BCUT2D eigenvalue weighted by atomic mass is 9.96. The number of carbonyl (C=O) groups is 2. The molecule has 1 saturated heterocycles. The van der Waals surface area contributed by atoms with Crippen molar-refractivity contribution in [2.45, 2.75) is 19.4 Å². The fourth-order valence-electron chi connectivity index (χ4n) is 2.16. The Bertz CT molecular complexity index is 514. The van der Waals surface area contributed by atoms with E-state index in [4.69, 9.17) is 9.84 Å². The van der Waals surface area contributed by atoms with E-state index in [0.29, 0.717) is 13.1 Å². The van der Waals surface area contributed by atoms with Gasteiger partial charge in [-0.3, -0.25) is 9.59 Å². The quantitative estimate of drug-likeness (QED) is 0.888. The van der Waals surface area contributed by atoms with E-state index < -0.39 is 17.9 Å². The monoisotopic (exact) mass is 281 g/mol. The summed E-state index contributed by atoms with van der Waals surface area (Å²) in [6.45, 7) is 2.38. The van der Waals surface area contributed by atoms with Crippen LogP contribution in [0.3, 0.4) is 0 Å². The highest BCUT2D eigenvalue weighted by Crippen LogP contribution is 2.22. The van der Waals surface area contributed by atoms with E-state index in [9.17, 15) is 14.0 Å². The van der Waals surface area contributed by atoms with Crippen LogP contribution in [0.5, 0.6) is 5.75 Å². The number of rotatable bonds is 5. The van der Waals surface area contributed by atoms with E-state index in [1.807, 2.05) is 0 Å². The normalized spacial score (nSPS) is 16.4. The molecule has 1 atom stereocenters. The minimum absolute atomic E-state index is 0.00267. The highest BCUT2D eigenvalue weighted by Gasteiger charge is 2.34. The van der Waals surface area contributed by atoms with Gasteiger partial charge in [0.1, 0.15) is 0 Å². The van der Waals surface area contributed by atoms with Crippen LogP contribution in [0.25, 0.3) is 0 Å². The van der Waals surface area contributed by atoms with Crippen molar-refractivity contribution >= 4 is 11.9 Å². The molecule has 5 nitrogen and oxygen atoms in total. The highest BCUT2D eigenvalue weighted by molar-refractivity contribution is 5.82. The van der Waals surface area contributed by atoms with Gasteiger partial charge in [-0.05, 0) is 19.1 Å². The van der Waals surface area contributed by atoms with Crippen molar-refractivity contribution in [1.82, 2.24) is 4.90 Å². The Balaban J connectivity index is 1.85. The maximum atomic E-state index is 13.4. The first-order valence-corrected chi connectivity index (χ1v) is 6.39. The third-order valence-corrected chi connectivity index (χ3v) is 3.22. The van der Waals surface area contributed by atoms with Gasteiger partial charge in [0.15, 0.2) is 17.7 Å². The third kappa shape index (κ3) is 3.26. The lowest BCUT2D eigenvalue weighted by molar-refractivity contribution is -0.149. The number of aliphatic carboxylic acids is 1. The second-order valence-corrected chi connectivity index (χ2v) is 4.90. The Morgan fingerprint density at radius 2 is 2.10 bits per heavy atom. The molecular formula is C14H16FNO4. The third-order valence-electron chi connectivity index (χ3n) is 3.22. The number of halogens is 1. The van der Waals surface area contributed by atoms with Crippen molar-refractivity contribution in [3.05, 3.63) is 30.1 Å². The van der Waals surface area contributed by atoms with Crippen LogP contribution in [0, 0.1) is 11.7 Å². The number of nitrogens with zero attached hydrogens (tertiary/aromatic N) is 1. The van der Waals surface area contributed by atoms with E-state index >= 15 is 0 Å². The molecule has 1 amide bonds. The van der Waals surface area contributed by atoms with Gasteiger partial charge in [0.2, 0.25) is 0 Å². The fraction of sp³-hybridized carbons (Fsp3) is 0.429. The number of carbonyl (C=O) groups excluding carboxylic acids is 1. The van der Waals surface area contributed by atoms with Crippen LogP contribution in [0.4, 0.5) is 4.39 Å². The number of hydrogen-bond donors (Lipinski definition) is 1. The predicted molar refractivity (Wildman–Crippen MR) is 68.8 cm³/mol. The molecule has 0 bridgehead atoms. The Morgan fingerprint density at radius 1 is 1.45 bits per heavy atom. The molecule has 0 radical (unpaired) electrons. The molecular weight excluding hydrogens is 265 g/mol. The van der Waals surface area contributed by atoms with Gasteiger partial charge in [-0.15, -0.1) is 0 Å². The zero-order valence-corrected chi connectivity index (χ0v) is 11.1. The largest absolute Gasteiger partial charge is 0.481 e. The summed E-state index contributed by atoms with van der Waals surface area (Å²) in [5.74, 6) is -1.60. The molecule has 0 aliphatic carbocycles. The van der Waals surface area contributed by atoms with Crippen LogP contribution in [0.2, 0.25) is 0 Å². The predicted octanol–water partition coefficient (Wildman–Crippen LogP) is 1.53. The summed E-state index contributed by atoms with van der Waals surface area (Å²) in [7, 11) is 0. The number of hydrogen-bond acceptors (Lipinski definition) is 3. The van der Waals surface area contributed by atoms with Gasteiger partial charge in [-0.1, -0.05) is 12.1 Å². The molecule has 1 aromatic carbocycles. The van der Waals surface area contributed by atoms with Gasteiger partial charge in [0, 0.05) is 19.0 Å². The molecule has 20 heavy (non-hydrogen) atoms. The van der Waals surface area contributed by atoms with E-state index in [1.165, 1.54) is 17.0 Å². The zero-order chi connectivity index (χ0) is 14.7. The summed E-state index contributed by atoms with van der Waals surface area (Å²) in [5.41, 5.74) is 0. The van der Waals surface area contributed by atoms with Crippen LogP contribution in [0.1, 0.15) is 13.3 Å². The van der Waals surface area contributed by atoms with E-state index in [1.54, 1.807) is 19.1 Å². The number of carboxylic acid groups (broad SMARTS) is 1. The molecule has 1 aliphatic rings. The van der Waals surface area contributed by atoms with Crippen molar-refractivity contribution in [3.8, 4) is 5.75 Å². The summed E-state index contributed by atoms with van der Waals surface area (Å²) in [6.07, 6.45) is -0.732. The summed E-state index contributed by atoms with van der Waals surface area (Å²) < 4.78 is 18.7. The summed E-state index contributed by atoms with van der Waals surface area (Å²) >= 11 is 0. The van der Waals surface area contributed by atoms with Crippen molar-refractivity contribution in [1.29, 1.82) is 0 Å². The summed E-state index contributed by atoms with van der Waals surface area (Å²) in [4.78, 5) is 24.1. The Morgan fingerprint density at radius 3 is 2.70 bits per heavy atom. The summed E-state index contributed by atoms with van der Waals surface area (Å²) in [6, 6.07) is 5.89. The second-order valence-electron chi connectivity index (χ2n) is 4.90. The van der Waals surface area contributed by atoms with Crippen molar-refractivity contribution in [2.24, 2.45) is 5.92 Å². The van der Waals surface area contributed by atoms with Crippen LogP contribution in [-0.4, -0.2) is 41.1 Å². The number of likely N-dealkylation sites (tertiary alicyclic amines) is 1. The molecule has 1 fully saturated rings. The number of para-hydroxylation sites is 1. The highest BCUT2D eigenvalue weighted by atomic mass is 19.1. The van der Waals surface area contributed by atoms with E-state index in [0.717, 1.165) is 0 Å². The maximum absolute atomic E-state index is 13.4. The Hall–Kier alpha value is -2.11. The average molecular weight is 281 g/mol. The first-order valence-electron chi connectivity index (χ1n) is 6.39. The molecule has 0 aromatic heterocycles. The number of ether oxygens (including phenoxy) is 1.